The number of thiazole rings is 1. The summed E-state index contributed by atoms with van der Waals surface area (Å²) in [6.45, 7) is 4.19. The van der Waals surface area contributed by atoms with Crippen molar-refractivity contribution in [1.82, 2.24) is 15.2 Å². The van der Waals surface area contributed by atoms with Crippen LogP contribution in [0.4, 0.5) is 4.79 Å². The van der Waals surface area contributed by atoms with Gasteiger partial charge in [0.1, 0.15) is 17.3 Å². The fourth-order valence-corrected chi connectivity index (χ4v) is 3.40. The van der Waals surface area contributed by atoms with Crippen LogP contribution in [-0.4, -0.2) is 48.1 Å². The first-order valence-electron chi connectivity index (χ1n) is 7.86. The number of hydrogen-bond donors (Lipinski definition) is 1. The normalized spacial score (nSPS) is 13.9. The minimum Gasteiger partial charge on any atom is -0.448 e. The van der Waals surface area contributed by atoms with Crippen LogP contribution in [0.3, 0.4) is 0 Å². The Bertz CT molecular complexity index is 744. The van der Waals surface area contributed by atoms with Crippen molar-refractivity contribution in [3.05, 3.63) is 40.9 Å². The van der Waals surface area contributed by atoms with Gasteiger partial charge >= 0.3 is 6.09 Å². The van der Waals surface area contributed by atoms with Gasteiger partial charge in [-0.15, -0.1) is 11.3 Å². The third-order valence-electron chi connectivity index (χ3n) is 3.85. The zero-order chi connectivity index (χ0) is 16.9. The highest BCUT2D eigenvalue weighted by Gasteiger charge is 2.21. The van der Waals surface area contributed by atoms with Crippen molar-refractivity contribution in [2.45, 2.75) is 13.3 Å². The summed E-state index contributed by atoms with van der Waals surface area (Å²) < 4.78 is 4.86. The van der Waals surface area contributed by atoms with Gasteiger partial charge in [-0.05, 0) is 18.9 Å². The van der Waals surface area contributed by atoms with Gasteiger partial charge in [-0.1, -0.05) is 24.3 Å². The van der Waals surface area contributed by atoms with Crippen molar-refractivity contribution in [3.8, 4) is 10.6 Å². The number of hydrogen-bond acceptors (Lipinski definition) is 5. The quantitative estimate of drug-likeness (QED) is 0.817. The molecule has 1 N–H and O–H groups in total. The van der Waals surface area contributed by atoms with Crippen LogP contribution in [0.5, 0.6) is 0 Å². The molecule has 24 heavy (non-hydrogen) atoms. The lowest BCUT2D eigenvalue weighted by molar-refractivity contribution is 0.0948. The SMILES string of the molecule is Cc1ccccc1-c1nc(C(=O)NCCCN2CCOC2=O)cs1. The number of carbonyl (C=O) groups is 2. The van der Waals surface area contributed by atoms with E-state index in [0.717, 1.165) is 16.1 Å². The van der Waals surface area contributed by atoms with E-state index < -0.39 is 0 Å². The molecule has 7 heteroatoms. The van der Waals surface area contributed by atoms with Crippen molar-refractivity contribution in [2.24, 2.45) is 0 Å². The van der Waals surface area contributed by atoms with Crippen LogP contribution in [-0.2, 0) is 4.74 Å². The lowest BCUT2D eigenvalue weighted by atomic mass is 10.1. The number of benzene rings is 1. The van der Waals surface area contributed by atoms with Crippen molar-refractivity contribution in [3.63, 3.8) is 0 Å². The molecule has 0 spiro atoms. The molecular weight excluding hydrogens is 326 g/mol. The van der Waals surface area contributed by atoms with E-state index in [1.165, 1.54) is 11.3 Å². The maximum absolute atomic E-state index is 12.2. The first-order valence-corrected chi connectivity index (χ1v) is 8.74. The molecule has 1 fully saturated rings. The number of nitrogens with zero attached hydrogens (tertiary/aromatic N) is 2. The van der Waals surface area contributed by atoms with Crippen molar-refractivity contribution in [1.29, 1.82) is 0 Å². The average molecular weight is 345 g/mol. The van der Waals surface area contributed by atoms with E-state index in [9.17, 15) is 9.59 Å². The van der Waals surface area contributed by atoms with Crippen molar-refractivity contribution in [2.75, 3.05) is 26.2 Å². The minimum atomic E-state index is -0.274. The molecule has 126 valence electrons. The molecule has 0 saturated carbocycles. The second kappa shape index (κ2) is 7.44. The molecule has 2 heterocycles. The maximum Gasteiger partial charge on any atom is 0.409 e. The number of ether oxygens (including phenoxy) is 1. The molecule has 0 atom stereocenters. The van der Waals surface area contributed by atoms with Gasteiger partial charge in [0.15, 0.2) is 0 Å². The van der Waals surface area contributed by atoms with Crippen LogP contribution in [0.2, 0.25) is 0 Å². The zero-order valence-electron chi connectivity index (χ0n) is 13.4. The predicted molar refractivity (Wildman–Crippen MR) is 92.2 cm³/mol. The Morgan fingerprint density at radius 2 is 2.25 bits per heavy atom. The van der Waals surface area contributed by atoms with E-state index in [2.05, 4.69) is 10.3 Å². The highest BCUT2D eigenvalue weighted by molar-refractivity contribution is 7.13. The smallest absolute Gasteiger partial charge is 0.409 e. The van der Waals surface area contributed by atoms with Crippen LogP contribution < -0.4 is 5.32 Å². The Morgan fingerprint density at radius 1 is 1.42 bits per heavy atom. The van der Waals surface area contributed by atoms with E-state index in [1.54, 1.807) is 10.3 Å². The molecular formula is C17H19N3O3S. The van der Waals surface area contributed by atoms with Crippen LogP contribution in [0, 0.1) is 6.92 Å². The van der Waals surface area contributed by atoms with Crippen LogP contribution in [0.1, 0.15) is 22.5 Å². The first-order chi connectivity index (χ1) is 11.6. The van der Waals surface area contributed by atoms with Gasteiger partial charge < -0.3 is 15.0 Å². The number of carbonyl (C=O) groups excluding carboxylic acids is 2. The van der Waals surface area contributed by atoms with Gasteiger partial charge in [-0.25, -0.2) is 9.78 Å². The molecule has 1 aliphatic rings. The van der Waals surface area contributed by atoms with E-state index in [1.807, 2.05) is 31.2 Å². The fraction of sp³-hybridized carbons (Fsp3) is 0.353. The Labute approximate surface area is 144 Å². The Morgan fingerprint density at radius 3 is 3.00 bits per heavy atom. The summed E-state index contributed by atoms with van der Waals surface area (Å²) in [5.74, 6) is -0.185. The molecule has 1 saturated heterocycles. The maximum atomic E-state index is 12.2. The molecule has 6 nitrogen and oxygen atoms in total. The molecule has 0 unspecified atom stereocenters. The molecule has 1 aromatic carbocycles. The molecule has 3 rings (SSSR count). The molecule has 1 aliphatic heterocycles. The number of nitrogens with one attached hydrogen (secondary N) is 1. The summed E-state index contributed by atoms with van der Waals surface area (Å²) in [6, 6.07) is 7.98. The van der Waals surface area contributed by atoms with E-state index in [-0.39, 0.29) is 12.0 Å². The number of aromatic nitrogens is 1. The summed E-state index contributed by atoms with van der Waals surface area (Å²) in [4.78, 5) is 29.5. The van der Waals surface area contributed by atoms with E-state index in [4.69, 9.17) is 4.74 Å². The topological polar surface area (TPSA) is 71.5 Å². The van der Waals surface area contributed by atoms with Gasteiger partial charge in [0.05, 0.1) is 6.54 Å². The summed E-state index contributed by atoms with van der Waals surface area (Å²) in [7, 11) is 0. The van der Waals surface area contributed by atoms with Crippen LogP contribution in [0.25, 0.3) is 10.6 Å². The number of rotatable bonds is 6. The molecule has 1 aromatic heterocycles. The highest BCUT2D eigenvalue weighted by Crippen LogP contribution is 2.26. The van der Waals surface area contributed by atoms with Gasteiger partial charge in [0.2, 0.25) is 0 Å². The Hall–Kier alpha value is -2.41. The third-order valence-corrected chi connectivity index (χ3v) is 4.72. The fourth-order valence-electron chi connectivity index (χ4n) is 2.51. The van der Waals surface area contributed by atoms with Crippen molar-refractivity contribution >= 4 is 23.3 Å². The number of aryl methyl sites for hydroxylation is 1. The van der Waals surface area contributed by atoms with Crippen LogP contribution >= 0.6 is 11.3 Å². The van der Waals surface area contributed by atoms with Crippen LogP contribution in [0.15, 0.2) is 29.6 Å². The van der Waals surface area contributed by atoms with Crippen molar-refractivity contribution < 1.29 is 14.3 Å². The van der Waals surface area contributed by atoms with Gasteiger partial charge in [0.25, 0.3) is 5.91 Å². The van der Waals surface area contributed by atoms with Gasteiger partial charge in [-0.3, -0.25) is 4.79 Å². The zero-order valence-corrected chi connectivity index (χ0v) is 14.3. The molecule has 0 radical (unpaired) electrons. The van der Waals surface area contributed by atoms with E-state index >= 15 is 0 Å². The largest absolute Gasteiger partial charge is 0.448 e. The van der Waals surface area contributed by atoms with Gasteiger partial charge in [-0.2, -0.15) is 0 Å². The standard InChI is InChI=1S/C17H19N3O3S/c1-12-5-2-3-6-13(12)16-19-14(11-24-16)15(21)18-7-4-8-20-9-10-23-17(20)22/h2-3,5-6,11H,4,7-10H2,1H3,(H,18,21). The summed E-state index contributed by atoms with van der Waals surface area (Å²) in [5.41, 5.74) is 2.62. The average Bonchev–Trinajstić information content (AvgIpc) is 3.21. The number of amides is 2. The lowest BCUT2D eigenvalue weighted by Crippen LogP contribution is -2.30. The molecule has 0 bridgehead atoms. The second-order valence-electron chi connectivity index (χ2n) is 5.56. The van der Waals surface area contributed by atoms with E-state index in [0.29, 0.717) is 38.4 Å². The summed E-state index contributed by atoms with van der Waals surface area (Å²) in [6.07, 6.45) is 0.416. The third kappa shape index (κ3) is 3.73. The molecule has 2 aromatic rings. The molecule has 2 amide bonds. The summed E-state index contributed by atoms with van der Waals surface area (Å²) in [5, 5.41) is 5.46. The number of cyclic esters (lactones) is 1. The highest BCUT2D eigenvalue weighted by atomic mass is 32.1. The first kappa shape index (κ1) is 16.4. The minimum absolute atomic E-state index is 0.185. The second-order valence-corrected chi connectivity index (χ2v) is 6.42. The predicted octanol–water partition coefficient (Wildman–Crippen LogP) is 2.69. The summed E-state index contributed by atoms with van der Waals surface area (Å²) >= 11 is 1.46. The molecule has 0 aliphatic carbocycles. The monoisotopic (exact) mass is 345 g/mol. The van der Waals surface area contributed by atoms with Gasteiger partial charge in [0, 0.05) is 24.0 Å². The lowest BCUT2D eigenvalue weighted by Gasteiger charge is -2.12. The Kier molecular flexibility index (Phi) is 5.10. The Balaban J connectivity index is 1.51.